The van der Waals surface area contributed by atoms with Gasteiger partial charge in [0.05, 0.1) is 0 Å². The van der Waals surface area contributed by atoms with Crippen molar-refractivity contribution in [3.05, 3.63) is 0 Å². The first kappa shape index (κ1) is 14.8. The van der Waals surface area contributed by atoms with Crippen LogP contribution in [-0.4, -0.2) is 17.6 Å². The fraction of sp³-hybridized carbons (Fsp3) is 0.923. The van der Waals surface area contributed by atoms with Gasteiger partial charge < -0.3 is 10.5 Å². The third-order valence-electron chi connectivity index (χ3n) is 4.04. The van der Waals surface area contributed by atoms with Crippen molar-refractivity contribution in [2.75, 3.05) is 0 Å². The molecule has 0 atom stereocenters. The lowest BCUT2D eigenvalue weighted by Gasteiger charge is -2.49. The van der Waals surface area contributed by atoms with E-state index in [0.29, 0.717) is 5.41 Å². The Morgan fingerprint density at radius 3 is 2.24 bits per heavy atom. The van der Waals surface area contributed by atoms with E-state index in [0.717, 1.165) is 12.8 Å². The van der Waals surface area contributed by atoms with Crippen LogP contribution in [-0.2, 0) is 9.53 Å². The van der Waals surface area contributed by atoms with E-state index in [9.17, 15) is 4.79 Å². The number of hydrogen-bond donors (Lipinski definition) is 1. The van der Waals surface area contributed by atoms with Crippen molar-refractivity contribution in [2.24, 2.45) is 11.1 Å². The van der Waals surface area contributed by atoms with Crippen LogP contribution in [0.25, 0.3) is 0 Å². The summed E-state index contributed by atoms with van der Waals surface area (Å²) in [7, 11) is 0. The predicted octanol–water partition coefficient (Wildman–Crippen LogP) is 2.80. The molecule has 2 rings (SSSR count). The van der Waals surface area contributed by atoms with Gasteiger partial charge in [-0.05, 0) is 44.9 Å². The summed E-state index contributed by atoms with van der Waals surface area (Å²) >= 11 is 0. The maximum Gasteiger partial charge on any atom is 0.325 e. The van der Waals surface area contributed by atoms with Gasteiger partial charge in [0.2, 0.25) is 0 Å². The Bertz CT molecular complexity index is 272. The third kappa shape index (κ3) is 3.35. The van der Waals surface area contributed by atoms with E-state index in [-0.39, 0.29) is 24.5 Å². The molecule has 0 unspecified atom stereocenters. The highest BCUT2D eigenvalue weighted by Gasteiger charge is 2.47. The van der Waals surface area contributed by atoms with Crippen LogP contribution < -0.4 is 5.73 Å². The second kappa shape index (κ2) is 5.15. The molecule has 2 fully saturated rings. The smallest absolute Gasteiger partial charge is 0.325 e. The Hall–Kier alpha value is -0.280. The zero-order valence-electron chi connectivity index (χ0n) is 10.8. The van der Waals surface area contributed by atoms with E-state index in [1.54, 1.807) is 13.8 Å². The molecular weight excluding hydrogens is 238 g/mol. The molecule has 0 heterocycles. The summed E-state index contributed by atoms with van der Waals surface area (Å²) in [6.07, 6.45) is 8.99. The summed E-state index contributed by atoms with van der Waals surface area (Å²) in [5, 5.41) is 0. The van der Waals surface area contributed by atoms with E-state index in [2.05, 4.69) is 0 Å². The molecule has 0 aromatic heterocycles. The molecule has 2 N–H and O–H groups in total. The minimum Gasteiger partial charge on any atom is -0.461 e. The van der Waals surface area contributed by atoms with Gasteiger partial charge in [-0.1, -0.05) is 19.3 Å². The van der Waals surface area contributed by atoms with Crippen LogP contribution in [0.5, 0.6) is 0 Å². The van der Waals surface area contributed by atoms with E-state index in [4.69, 9.17) is 10.5 Å². The summed E-state index contributed by atoms with van der Waals surface area (Å²) in [5.41, 5.74) is 5.37. The Morgan fingerprint density at radius 2 is 1.76 bits per heavy atom. The number of nitrogens with two attached hydrogens (primary N) is 1. The van der Waals surface area contributed by atoms with Gasteiger partial charge in [-0.2, -0.15) is 0 Å². The molecule has 100 valence electrons. The van der Waals surface area contributed by atoms with Crippen molar-refractivity contribution in [1.82, 2.24) is 0 Å². The Balaban J connectivity index is 0.00000144. The second-order valence-corrected chi connectivity index (χ2v) is 6.22. The molecule has 2 aliphatic rings. The van der Waals surface area contributed by atoms with Crippen molar-refractivity contribution < 1.29 is 9.53 Å². The highest BCUT2D eigenvalue weighted by atomic mass is 35.5. The van der Waals surface area contributed by atoms with Crippen molar-refractivity contribution in [3.63, 3.8) is 0 Å². The summed E-state index contributed by atoms with van der Waals surface area (Å²) in [5.74, 6) is -0.261. The van der Waals surface area contributed by atoms with Gasteiger partial charge in [-0.25, -0.2) is 0 Å². The number of halogens is 1. The maximum absolute atomic E-state index is 11.6. The van der Waals surface area contributed by atoms with Crippen LogP contribution in [0.2, 0.25) is 0 Å². The van der Waals surface area contributed by atoms with Crippen LogP contribution in [0.1, 0.15) is 58.8 Å². The van der Waals surface area contributed by atoms with Gasteiger partial charge in [0.1, 0.15) is 11.6 Å². The normalized spacial score (nSPS) is 23.7. The Kier molecular flexibility index (Phi) is 4.48. The fourth-order valence-electron chi connectivity index (χ4n) is 3.00. The average molecular weight is 262 g/mol. The number of rotatable bonds is 2. The van der Waals surface area contributed by atoms with Crippen molar-refractivity contribution in [2.45, 2.75) is 70.4 Å². The standard InChI is InChI=1S/C13H23NO2.ClH/c1-12(2,14)11(15)16-10-8-13(9-10)6-4-3-5-7-13;/h10H,3-9,14H2,1-2H3;1H. The van der Waals surface area contributed by atoms with Gasteiger partial charge in [-0.3, -0.25) is 4.79 Å². The van der Waals surface area contributed by atoms with Crippen molar-refractivity contribution >= 4 is 18.4 Å². The predicted molar refractivity (Wildman–Crippen MR) is 70.1 cm³/mol. The minimum absolute atomic E-state index is 0. The lowest BCUT2D eigenvalue weighted by Crippen LogP contribution is -2.50. The topological polar surface area (TPSA) is 52.3 Å². The van der Waals surface area contributed by atoms with E-state index < -0.39 is 5.54 Å². The number of esters is 1. The highest BCUT2D eigenvalue weighted by Crippen LogP contribution is 2.52. The molecule has 2 saturated carbocycles. The lowest BCUT2D eigenvalue weighted by molar-refractivity contribution is -0.168. The first-order chi connectivity index (χ1) is 7.41. The highest BCUT2D eigenvalue weighted by molar-refractivity contribution is 5.85. The van der Waals surface area contributed by atoms with Crippen molar-refractivity contribution in [1.29, 1.82) is 0 Å². The molecule has 0 saturated heterocycles. The molecule has 0 aromatic rings. The number of carbonyl (C=O) groups is 1. The summed E-state index contributed by atoms with van der Waals surface area (Å²) in [6, 6.07) is 0. The zero-order valence-corrected chi connectivity index (χ0v) is 11.6. The van der Waals surface area contributed by atoms with Gasteiger partial charge in [-0.15, -0.1) is 12.4 Å². The summed E-state index contributed by atoms with van der Waals surface area (Å²) in [6.45, 7) is 3.40. The Labute approximate surface area is 110 Å². The second-order valence-electron chi connectivity index (χ2n) is 6.22. The molecule has 0 bridgehead atoms. The molecule has 0 aromatic carbocycles. The van der Waals surface area contributed by atoms with E-state index in [1.165, 1.54) is 32.1 Å². The van der Waals surface area contributed by atoms with E-state index in [1.807, 2.05) is 0 Å². The molecule has 0 aliphatic heterocycles. The van der Waals surface area contributed by atoms with Crippen LogP contribution in [0.3, 0.4) is 0 Å². The van der Waals surface area contributed by atoms with Crippen LogP contribution in [0.15, 0.2) is 0 Å². The van der Waals surface area contributed by atoms with Crippen LogP contribution in [0, 0.1) is 5.41 Å². The first-order valence-electron chi connectivity index (χ1n) is 6.41. The number of hydrogen-bond acceptors (Lipinski definition) is 3. The first-order valence-corrected chi connectivity index (χ1v) is 6.41. The quantitative estimate of drug-likeness (QED) is 0.778. The number of carbonyl (C=O) groups excluding carboxylic acids is 1. The van der Waals surface area contributed by atoms with Crippen molar-refractivity contribution in [3.8, 4) is 0 Å². The van der Waals surface area contributed by atoms with Gasteiger partial charge in [0, 0.05) is 0 Å². The molecule has 1 spiro atoms. The molecule has 4 heteroatoms. The molecule has 0 radical (unpaired) electrons. The largest absolute Gasteiger partial charge is 0.461 e. The molecule has 3 nitrogen and oxygen atoms in total. The minimum atomic E-state index is -0.852. The average Bonchev–Trinajstić information content (AvgIpc) is 2.15. The third-order valence-corrected chi connectivity index (χ3v) is 4.04. The SMILES string of the molecule is CC(C)(N)C(=O)OC1CC2(CCCCC2)C1.Cl. The van der Waals surface area contributed by atoms with E-state index >= 15 is 0 Å². The van der Waals surface area contributed by atoms with Gasteiger partial charge in [0.25, 0.3) is 0 Å². The molecule has 2 aliphatic carbocycles. The summed E-state index contributed by atoms with van der Waals surface area (Å²) in [4.78, 5) is 11.6. The zero-order chi connectivity index (χ0) is 11.8. The summed E-state index contributed by atoms with van der Waals surface area (Å²) < 4.78 is 5.41. The fourth-order valence-corrected chi connectivity index (χ4v) is 3.00. The van der Waals surface area contributed by atoms with Gasteiger partial charge >= 0.3 is 5.97 Å². The molecule has 0 amide bonds. The maximum atomic E-state index is 11.6. The lowest BCUT2D eigenvalue weighted by atomic mass is 9.59. The Morgan fingerprint density at radius 1 is 1.24 bits per heavy atom. The molecule has 17 heavy (non-hydrogen) atoms. The molecular formula is C13H24ClNO2. The monoisotopic (exact) mass is 261 g/mol. The van der Waals surface area contributed by atoms with Crippen LogP contribution in [0.4, 0.5) is 0 Å². The van der Waals surface area contributed by atoms with Gasteiger partial charge in [0.15, 0.2) is 0 Å². The van der Waals surface area contributed by atoms with Crippen LogP contribution >= 0.6 is 12.4 Å². The number of ether oxygens (including phenoxy) is 1.